The molecule has 27 heavy (non-hydrogen) atoms. The maximum atomic E-state index is 13.1. The van der Waals surface area contributed by atoms with Gasteiger partial charge in [0.1, 0.15) is 11.9 Å². The van der Waals surface area contributed by atoms with Gasteiger partial charge >= 0.3 is 0 Å². The number of hydrogen-bond acceptors (Lipinski definition) is 5. The molecule has 1 aromatic carbocycles. The topological polar surface area (TPSA) is 81.9 Å². The van der Waals surface area contributed by atoms with Crippen LogP contribution in [0.3, 0.4) is 0 Å². The van der Waals surface area contributed by atoms with Gasteiger partial charge in [0.15, 0.2) is 5.69 Å². The molecule has 1 atom stereocenters. The Morgan fingerprint density at radius 1 is 1.26 bits per heavy atom. The molecule has 8 heteroatoms. The van der Waals surface area contributed by atoms with Gasteiger partial charge < -0.3 is 10.1 Å². The third kappa shape index (κ3) is 3.85. The van der Waals surface area contributed by atoms with Gasteiger partial charge in [-0.15, -0.1) is 5.10 Å². The summed E-state index contributed by atoms with van der Waals surface area (Å²) in [5, 5.41) is 10.9. The monoisotopic (exact) mass is 367 g/mol. The van der Waals surface area contributed by atoms with Crippen LogP contribution in [0.2, 0.25) is 0 Å². The van der Waals surface area contributed by atoms with Crippen molar-refractivity contribution in [1.82, 2.24) is 25.3 Å². The Kier molecular flexibility index (Phi) is 4.88. The highest BCUT2D eigenvalue weighted by Crippen LogP contribution is 2.27. The van der Waals surface area contributed by atoms with Gasteiger partial charge in [-0.05, 0) is 29.8 Å². The summed E-state index contributed by atoms with van der Waals surface area (Å²) in [6.45, 7) is 1.11. The lowest BCUT2D eigenvalue weighted by Crippen LogP contribution is -2.29. The van der Waals surface area contributed by atoms with E-state index in [1.165, 1.54) is 12.1 Å². The first-order valence-corrected chi connectivity index (χ1v) is 8.68. The summed E-state index contributed by atoms with van der Waals surface area (Å²) in [6, 6.07) is 11.8. The van der Waals surface area contributed by atoms with Crippen LogP contribution in [-0.4, -0.2) is 32.4 Å². The molecule has 0 radical (unpaired) electrons. The molecule has 0 saturated carbocycles. The van der Waals surface area contributed by atoms with Crippen LogP contribution in [0.25, 0.3) is 0 Å². The molecule has 138 valence electrons. The third-order valence-corrected chi connectivity index (χ3v) is 4.45. The molecule has 2 aromatic heterocycles. The molecule has 4 rings (SSSR count). The number of ether oxygens (including phenoxy) is 1. The average Bonchev–Trinajstić information content (AvgIpc) is 3.12. The zero-order chi connectivity index (χ0) is 18.6. The number of fused-ring (bicyclic) bond motifs is 1. The molecule has 1 amide bonds. The van der Waals surface area contributed by atoms with Crippen molar-refractivity contribution in [3.8, 4) is 0 Å². The lowest BCUT2D eigenvalue weighted by molar-refractivity contribution is -0.00180. The molecule has 0 saturated heterocycles. The van der Waals surface area contributed by atoms with Crippen molar-refractivity contribution in [2.75, 3.05) is 6.54 Å². The SMILES string of the molecule is O=C(NCCc1ccccn1)c1nnn2c1CO[C@@H](c1ccc(F)cc1)C2. The van der Waals surface area contributed by atoms with Crippen LogP contribution in [0.15, 0.2) is 48.7 Å². The normalized spacial score (nSPS) is 16.0. The van der Waals surface area contributed by atoms with Gasteiger partial charge in [0.05, 0.1) is 18.8 Å². The van der Waals surface area contributed by atoms with Crippen molar-refractivity contribution in [3.05, 3.63) is 77.1 Å². The number of halogens is 1. The summed E-state index contributed by atoms with van der Waals surface area (Å²) >= 11 is 0. The number of rotatable bonds is 5. The van der Waals surface area contributed by atoms with Crippen molar-refractivity contribution in [1.29, 1.82) is 0 Å². The number of hydrogen-bond donors (Lipinski definition) is 1. The summed E-state index contributed by atoms with van der Waals surface area (Å²) in [7, 11) is 0. The van der Waals surface area contributed by atoms with Crippen molar-refractivity contribution in [3.63, 3.8) is 0 Å². The smallest absolute Gasteiger partial charge is 0.273 e. The van der Waals surface area contributed by atoms with E-state index in [0.717, 1.165) is 11.3 Å². The molecular formula is C19H18FN5O2. The van der Waals surface area contributed by atoms with Gasteiger partial charge in [0, 0.05) is 24.9 Å². The van der Waals surface area contributed by atoms with E-state index in [9.17, 15) is 9.18 Å². The summed E-state index contributed by atoms with van der Waals surface area (Å²) in [5.74, 6) is -0.573. The predicted molar refractivity (Wildman–Crippen MR) is 94.2 cm³/mol. The van der Waals surface area contributed by atoms with E-state index in [1.807, 2.05) is 18.2 Å². The lowest BCUT2D eigenvalue weighted by Gasteiger charge is -2.24. The largest absolute Gasteiger partial charge is 0.365 e. The van der Waals surface area contributed by atoms with E-state index in [1.54, 1.807) is 23.0 Å². The van der Waals surface area contributed by atoms with Gasteiger partial charge in [-0.3, -0.25) is 9.78 Å². The van der Waals surface area contributed by atoms with E-state index in [4.69, 9.17) is 4.74 Å². The van der Waals surface area contributed by atoms with E-state index >= 15 is 0 Å². The summed E-state index contributed by atoms with van der Waals surface area (Å²) < 4.78 is 20.6. The number of nitrogens with one attached hydrogen (secondary N) is 1. The maximum absolute atomic E-state index is 13.1. The number of carbonyl (C=O) groups excluding carboxylic acids is 1. The fraction of sp³-hybridized carbons (Fsp3) is 0.263. The van der Waals surface area contributed by atoms with Crippen LogP contribution in [-0.2, 0) is 24.3 Å². The van der Waals surface area contributed by atoms with Crippen LogP contribution in [0, 0.1) is 5.82 Å². The summed E-state index contributed by atoms with van der Waals surface area (Å²) in [6.07, 6.45) is 2.11. The van der Waals surface area contributed by atoms with Crippen molar-refractivity contribution >= 4 is 5.91 Å². The average molecular weight is 367 g/mol. The second-order valence-electron chi connectivity index (χ2n) is 6.25. The van der Waals surface area contributed by atoms with Crippen molar-refractivity contribution < 1.29 is 13.9 Å². The standard InChI is InChI=1S/C19H18FN5O2/c20-14-6-4-13(5-7-14)17-11-25-16(12-27-17)18(23-24-25)19(26)22-10-8-15-3-1-2-9-21-15/h1-7,9,17H,8,10-12H2,(H,22,26)/t17-/m1/s1. The zero-order valence-electron chi connectivity index (χ0n) is 14.5. The Hall–Kier alpha value is -3.13. The fourth-order valence-electron chi connectivity index (χ4n) is 3.00. The predicted octanol–water partition coefficient (Wildman–Crippen LogP) is 2.06. The Balaban J connectivity index is 1.39. The Bertz CT molecular complexity index is 927. The molecule has 0 aliphatic carbocycles. The van der Waals surface area contributed by atoms with Gasteiger partial charge in [-0.1, -0.05) is 23.4 Å². The van der Waals surface area contributed by atoms with E-state index in [2.05, 4.69) is 20.6 Å². The first kappa shape index (κ1) is 17.3. The summed E-state index contributed by atoms with van der Waals surface area (Å²) in [4.78, 5) is 16.6. The van der Waals surface area contributed by atoms with Crippen LogP contribution >= 0.6 is 0 Å². The highest BCUT2D eigenvalue weighted by molar-refractivity contribution is 5.93. The minimum atomic E-state index is -0.291. The first-order chi connectivity index (χ1) is 13.2. The summed E-state index contributed by atoms with van der Waals surface area (Å²) in [5.41, 5.74) is 2.68. The Morgan fingerprint density at radius 2 is 2.11 bits per heavy atom. The Morgan fingerprint density at radius 3 is 2.89 bits per heavy atom. The first-order valence-electron chi connectivity index (χ1n) is 8.68. The number of benzene rings is 1. The molecular weight excluding hydrogens is 349 g/mol. The Labute approximate surface area is 155 Å². The molecule has 3 heterocycles. The molecule has 0 bridgehead atoms. The lowest BCUT2D eigenvalue weighted by atomic mass is 10.1. The minimum absolute atomic E-state index is 0.220. The number of pyridine rings is 1. The van der Waals surface area contributed by atoms with Crippen LogP contribution in [0.1, 0.15) is 33.5 Å². The fourth-order valence-corrected chi connectivity index (χ4v) is 3.00. The van der Waals surface area contributed by atoms with Crippen molar-refractivity contribution in [2.45, 2.75) is 25.7 Å². The van der Waals surface area contributed by atoms with E-state index in [0.29, 0.717) is 25.2 Å². The van der Waals surface area contributed by atoms with Crippen LogP contribution < -0.4 is 5.32 Å². The van der Waals surface area contributed by atoms with Crippen LogP contribution in [0.4, 0.5) is 4.39 Å². The highest BCUT2D eigenvalue weighted by Gasteiger charge is 2.27. The minimum Gasteiger partial charge on any atom is -0.365 e. The molecule has 1 N–H and O–H groups in total. The molecule has 0 unspecified atom stereocenters. The number of aromatic nitrogens is 4. The quantitative estimate of drug-likeness (QED) is 0.746. The highest BCUT2D eigenvalue weighted by atomic mass is 19.1. The van der Waals surface area contributed by atoms with Gasteiger partial charge in [0.25, 0.3) is 5.91 Å². The van der Waals surface area contributed by atoms with Gasteiger partial charge in [-0.2, -0.15) is 0 Å². The van der Waals surface area contributed by atoms with E-state index < -0.39 is 0 Å². The molecule has 1 aliphatic rings. The number of amides is 1. The molecule has 1 aliphatic heterocycles. The van der Waals surface area contributed by atoms with Gasteiger partial charge in [-0.25, -0.2) is 9.07 Å². The third-order valence-electron chi connectivity index (χ3n) is 4.45. The number of carbonyl (C=O) groups is 1. The van der Waals surface area contributed by atoms with Gasteiger partial charge in [0.2, 0.25) is 0 Å². The molecule has 0 fully saturated rings. The zero-order valence-corrected chi connectivity index (χ0v) is 14.5. The molecule has 7 nitrogen and oxygen atoms in total. The van der Waals surface area contributed by atoms with Crippen LogP contribution in [0.5, 0.6) is 0 Å². The maximum Gasteiger partial charge on any atom is 0.273 e. The second kappa shape index (κ2) is 7.63. The second-order valence-corrected chi connectivity index (χ2v) is 6.25. The van der Waals surface area contributed by atoms with E-state index in [-0.39, 0.29) is 30.1 Å². The van der Waals surface area contributed by atoms with Crippen molar-refractivity contribution in [2.24, 2.45) is 0 Å². The number of nitrogens with zero attached hydrogens (tertiary/aromatic N) is 4. The molecule has 0 spiro atoms. The molecule has 3 aromatic rings.